The van der Waals surface area contributed by atoms with Crippen LogP contribution in [-0.2, 0) is 17.1 Å². The van der Waals surface area contributed by atoms with Crippen LogP contribution in [0.5, 0.6) is 0 Å². The maximum absolute atomic E-state index is 13.8. The van der Waals surface area contributed by atoms with Gasteiger partial charge in [-0.05, 0) is 47.6 Å². The van der Waals surface area contributed by atoms with Gasteiger partial charge in [-0.3, -0.25) is 4.79 Å². The molecule has 5 heteroatoms. The Morgan fingerprint density at radius 2 is 1.82 bits per heavy atom. The van der Waals surface area contributed by atoms with Crippen LogP contribution in [0, 0.1) is 17.2 Å². The number of fused-ring (bicyclic) bond motifs is 1. The highest BCUT2D eigenvalue weighted by molar-refractivity contribution is 6.52. The number of carbonyl (C=O) groups excluding carboxylic acids is 1. The van der Waals surface area contributed by atoms with Gasteiger partial charge in [-0.25, -0.2) is 13.8 Å². The fourth-order valence-electron chi connectivity index (χ4n) is 4.51. The van der Waals surface area contributed by atoms with Gasteiger partial charge in [-0.15, -0.1) is 0 Å². The second kappa shape index (κ2) is 9.69. The summed E-state index contributed by atoms with van der Waals surface area (Å²) in [6.07, 6.45) is 2.19. The molecule has 0 bridgehead atoms. The monoisotopic (exact) mass is 456 g/mol. The number of nitriles is 1. The fraction of sp³-hybridized carbons (Fsp3) is 0.276. The van der Waals surface area contributed by atoms with Crippen molar-refractivity contribution in [2.45, 2.75) is 45.0 Å². The number of Topliss-reactive ketones (excluding diaryl/α,β-unsaturated/α-hetero) is 1. The number of nitrogens with zero attached hydrogens (tertiary/aromatic N) is 2. The molecule has 0 aromatic heterocycles. The number of carbonyl (C=O) groups is 1. The second-order valence-corrected chi connectivity index (χ2v) is 9.03. The van der Waals surface area contributed by atoms with Gasteiger partial charge in [0.05, 0.1) is 17.7 Å². The number of aliphatic imine (C=N–C) groups is 1. The van der Waals surface area contributed by atoms with E-state index >= 15 is 0 Å². The first kappa shape index (κ1) is 23.5. The van der Waals surface area contributed by atoms with E-state index < -0.39 is 11.8 Å². The second-order valence-electron chi connectivity index (χ2n) is 9.03. The van der Waals surface area contributed by atoms with Crippen LogP contribution in [0.3, 0.4) is 0 Å². The Bertz CT molecular complexity index is 1280. The molecule has 0 fully saturated rings. The highest BCUT2D eigenvalue weighted by Crippen LogP contribution is 2.38. The average Bonchev–Trinajstić information content (AvgIpc) is 3.09. The SMILES string of the molecule is CC(CCC#N)Cc1cccc(C2C(=O)C(=Nc3cccc(C(C)(F)F)c3)c3ccccc32)c1. The van der Waals surface area contributed by atoms with Crippen LogP contribution >= 0.6 is 0 Å². The quantitative estimate of drug-likeness (QED) is 0.380. The molecule has 172 valence electrons. The van der Waals surface area contributed by atoms with E-state index in [9.17, 15) is 13.6 Å². The Labute approximate surface area is 198 Å². The van der Waals surface area contributed by atoms with Crippen molar-refractivity contribution < 1.29 is 13.6 Å². The Kier molecular flexibility index (Phi) is 6.70. The van der Waals surface area contributed by atoms with Gasteiger partial charge < -0.3 is 0 Å². The first-order chi connectivity index (χ1) is 16.3. The summed E-state index contributed by atoms with van der Waals surface area (Å²) in [7, 11) is 0. The Balaban J connectivity index is 1.70. The van der Waals surface area contributed by atoms with E-state index in [0.29, 0.717) is 23.7 Å². The van der Waals surface area contributed by atoms with Crippen molar-refractivity contribution >= 4 is 17.2 Å². The normalized spacial score (nSPS) is 17.4. The predicted molar refractivity (Wildman–Crippen MR) is 130 cm³/mol. The molecular formula is C29H26F2N2O. The molecule has 3 nitrogen and oxygen atoms in total. The minimum atomic E-state index is -2.98. The lowest BCUT2D eigenvalue weighted by atomic mass is 9.89. The molecule has 2 unspecified atom stereocenters. The van der Waals surface area contributed by atoms with Crippen molar-refractivity contribution in [3.05, 3.63) is 101 Å². The van der Waals surface area contributed by atoms with Gasteiger partial charge in [0.15, 0.2) is 5.78 Å². The van der Waals surface area contributed by atoms with E-state index in [1.165, 1.54) is 18.2 Å². The number of hydrogen-bond donors (Lipinski definition) is 0. The zero-order valence-electron chi connectivity index (χ0n) is 19.3. The van der Waals surface area contributed by atoms with Crippen molar-refractivity contribution in [2.75, 3.05) is 0 Å². The van der Waals surface area contributed by atoms with Crippen LogP contribution in [0.2, 0.25) is 0 Å². The maximum Gasteiger partial charge on any atom is 0.270 e. The summed E-state index contributed by atoms with van der Waals surface area (Å²) in [6, 6.07) is 23.6. The first-order valence-corrected chi connectivity index (χ1v) is 11.4. The van der Waals surface area contributed by atoms with Crippen LogP contribution in [0.4, 0.5) is 14.5 Å². The molecular weight excluding hydrogens is 430 g/mol. The van der Waals surface area contributed by atoms with Crippen molar-refractivity contribution in [1.29, 1.82) is 5.26 Å². The number of hydrogen-bond acceptors (Lipinski definition) is 3. The summed E-state index contributed by atoms with van der Waals surface area (Å²) < 4.78 is 27.6. The van der Waals surface area contributed by atoms with Crippen LogP contribution < -0.4 is 0 Å². The summed E-state index contributed by atoms with van der Waals surface area (Å²) in [5.74, 6) is -3.24. The van der Waals surface area contributed by atoms with E-state index in [1.54, 1.807) is 6.07 Å². The highest BCUT2D eigenvalue weighted by Gasteiger charge is 2.37. The predicted octanol–water partition coefficient (Wildman–Crippen LogP) is 7.12. The lowest BCUT2D eigenvalue weighted by Gasteiger charge is -2.14. The summed E-state index contributed by atoms with van der Waals surface area (Å²) in [5.41, 5.74) is 4.11. The molecule has 0 saturated heterocycles. The van der Waals surface area contributed by atoms with Crippen molar-refractivity contribution in [1.82, 2.24) is 0 Å². The molecule has 0 saturated carbocycles. The molecule has 0 radical (unpaired) electrons. The third-order valence-electron chi connectivity index (χ3n) is 6.23. The van der Waals surface area contributed by atoms with Crippen LogP contribution in [0.25, 0.3) is 0 Å². The summed E-state index contributed by atoms with van der Waals surface area (Å²) in [5, 5.41) is 8.84. The molecule has 1 aliphatic carbocycles. The molecule has 34 heavy (non-hydrogen) atoms. The summed E-state index contributed by atoms with van der Waals surface area (Å²) in [4.78, 5) is 18.1. The number of halogens is 2. The molecule has 1 aliphatic rings. The largest absolute Gasteiger partial charge is 0.291 e. The lowest BCUT2D eigenvalue weighted by molar-refractivity contribution is -0.113. The third-order valence-corrected chi connectivity index (χ3v) is 6.23. The molecule has 3 aromatic rings. The molecule has 0 heterocycles. The third kappa shape index (κ3) is 4.97. The van der Waals surface area contributed by atoms with Gasteiger partial charge in [0, 0.05) is 24.5 Å². The Morgan fingerprint density at radius 1 is 1.06 bits per heavy atom. The van der Waals surface area contributed by atoms with Crippen molar-refractivity contribution in [2.24, 2.45) is 10.9 Å². The number of benzene rings is 3. The van der Waals surface area contributed by atoms with E-state index in [-0.39, 0.29) is 11.3 Å². The lowest BCUT2D eigenvalue weighted by Crippen LogP contribution is -2.15. The zero-order chi connectivity index (χ0) is 24.3. The molecule has 0 spiro atoms. The van der Waals surface area contributed by atoms with E-state index in [2.05, 4.69) is 24.1 Å². The number of ketones is 1. The minimum absolute atomic E-state index is 0.135. The topological polar surface area (TPSA) is 53.2 Å². The highest BCUT2D eigenvalue weighted by atomic mass is 19.3. The molecule has 4 rings (SSSR count). The number of alkyl halides is 2. The van der Waals surface area contributed by atoms with Crippen LogP contribution in [0.15, 0.2) is 77.8 Å². The van der Waals surface area contributed by atoms with Gasteiger partial charge in [0.2, 0.25) is 0 Å². The van der Waals surface area contributed by atoms with Crippen LogP contribution in [0.1, 0.15) is 60.4 Å². The first-order valence-electron chi connectivity index (χ1n) is 11.4. The van der Waals surface area contributed by atoms with Gasteiger partial charge in [0.25, 0.3) is 5.92 Å². The van der Waals surface area contributed by atoms with Crippen molar-refractivity contribution in [3.8, 4) is 6.07 Å². The van der Waals surface area contributed by atoms with Crippen LogP contribution in [-0.4, -0.2) is 11.5 Å². The maximum atomic E-state index is 13.8. The van der Waals surface area contributed by atoms with E-state index in [4.69, 9.17) is 5.26 Å². The van der Waals surface area contributed by atoms with Crippen molar-refractivity contribution in [3.63, 3.8) is 0 Å². The fourth-order valence-corrected chi connectivity index (χ4v) is 4.51. The molecule has 0 aliphatic heterocycles. The molecule has 3 aromatic carbocycles. The smallest absolute Gasteiger partial charge is 0.270 e. The van der Waals surface area contributed by atoms with Gasteiger partial charge in [-0.2, -0.15) is 5.26 Å². The average molecular weight is 457 g/mol. The molecule has 2 atom stereocenters. The Morgan fingerprint density at radius 3 is 2.59 bits per heavy atom. The number of rotatable bonds is 7. The molecule has 0 N–H and O–H groups in total. The standard InChI is InChI=1S/C29H26F2N2O/c1-19(8-7-15-32)16-20-9-5-10-21(17-20)26-24-13-3-4-14-25(24)27(28(26)34)33-23-12-6-11-22(18-23)29(2,30)31/h3-6,9-14,17-19,26H,7-8,16H2,1-2H3. The Hall–Kier alpha value is -3.65. The zero-order valence-corrected chi connectivity index (χ0v) is 19.3. The summed E-state index contributed by atoms with van der Waals surface area (Å²) >= 11 is 0. The summed E-state index contributed by atoms with van der Waals surface area (Å²) in [6.45, 7) is 2.97. The van der Waals surface area contributed by atoms with Gasteiger partial charge in [0.1, 0.15) is 5.71 Å². The van der Waals surface area contributed by atoms with Gasteiger partial charge >= 0.3 is 0 Å². The van der Waals surface area contributed by atoms with E-state index in [1.807, 2.05) is 42.5 Å². The minimum Gasteiger partial charge on any atom is -0.291 e. The van der Waals surface area contributed by atoms with E-state index in [0.717, 1.165) is 42.0 Å². The van der Waals surface area contributed by atoms with Gasteiger partial charge in [-0.1, -0.05) is 67.6 Å². The molecule has 0 amide bonds.